The Balaban J connectivity index is 1.80. The highest BCUT2D eigenvalue weighted by Crippen LogP contribution is 2.10. The van der Waals surface area contributed by atoms with Gasteiger partial charge in [0.15, 0.2) is 5.82 Å². The Morgan fingerprint density at radius 1 is 1.29 bits per heavy atom. The highest BCUT2D eigenvalue weighted by Gasteiger charge is 2.15. The van der Waals surface area contributed by atoms with Crippen molar-refractivity contribution in [2.75, 3.05) is 0 Å². The quantitative estimate of drug-likeness (QED) is 0.809. The molecule has 2 aromatic heterocycles. The summed E-state index contributed by atoms with van der Waals surface area (Å²) in [6.45, 7) is 9.23. The summed E-state index contributed by atoms with van der Waals surface area (Å²) in [5, 5.41) is 11.7. The highest BCUT2D eigenvalue weighted by atomic mass is 16.5. The molecule has 0 aliphatic rings. The summed E-state index contributed by atoms with van der Waals surface area (Å²) in [4.78, 5) is 4.41. The van der Waals surface area contributed by atoms with E-state index in [-0.39, 0.29) is 12.1 Å². The van der Waals surface area contributed by atoms with Crippen LogP contribution in [0.1, 0.15) is 51.9 Å². The van der Waals surface area contributed by atoms with E-state index in [0.717, 1.165) is 18.7 Å². The van der Waals surface area contributed by atoms with Gasteiger partial charge in [0.2, 0.25) is 5.89 Å². The second-order valence-electron chi connectivity index (χ2n) is 5.93. The van der Waals surface area contributed by atoms with Crippen LogP contribution in [0.5, 0.6) is 0 Å². The van der Waals surface area contributed by atoms with Crippen LogP contribution in [0.4, 0.5) is 0 Å². The molecular formula is C15H25N5O. The van der Waals surface area contributed by atoms with Gasteiger partial charge in [0.1, 0.15) is 0 Å². The smallest absolute Gasteiger partial charge is 0.240 e. The second-order valence-corrected chi connectivity index (χ2v) is 5.93. The van der Waals surface area contributed by atoms with E-state index in [1.807, 2.05) is 16.9 Å². The van der Waals surface area contributed by atoms with Crippen LogP contribution in [-0.4, -0.2) is 26.0 Å². The number of aromatic nitrogens is 4. The lowest BCUT2D eigenvalue weighted by Crippen LogP contribution is -2.33. The molecule has 2 heterocycles. The predicted molar refractivity (Wildman–Crippen MR) is 80.7 cm³/mol. The van der Waals surface area contributed by atoms with Crippen LogP contribution in [0.3, 0.4) is 0 Å². The number of aryl methyl sites for hydroxylation is 1. The van der Waals surface area contributed by atoms with Crippen LogP contribution >= 0.6 is 0 Å². The third-order valence-electron chi connectivity index (χ3n) is 3.70. The maximum absolute atomic E-state index is 5.27. The molecule has 2 atom stereocenters. The second kappa shape index (κ2) is 7.36. The Bertz CT molecular complexity index is 520. The van der Waals surface area contributed by atoms with E-state index in [4.69, 9.17) is 4.52 Å². The minimum Gasteiger partial charge on any atom is -0.338 e. The fraction of sp³-hybridized carbons (Fsp3) is 0.667. The van der Waals surface area contributed by atoms with Gasteiger partial charge in [-0.1, -0.05) is 19.0 Å². The standard InChI is InChI=1S/C15H25N5O/c1-11(2)6-7-14-18-15(21-19-14)10-16-12(3)13(4)20-9-5-8-17-20/h5,8-9,11-13,16H,6-7,10H2,1-4H3/t12-,13+/m1/s1. The number of rotatable bonds is 8. The first-order valence-corrected chi connectivity index (χ1v) is 7.60. The zero-order valence-electron chi connectivity index (χ0n) is 13.3. The molecule has 2 aromatic rings. The van der Waals surface area contributed by atoms with E-state index in [1.165, 1.54) is 0 Å². The van der Waals surface area contributed by atoms with E-state index in [2.05, 4.69) is 48.3 Å². The van der Waals surface area contributed by atoms with Crippen LogP contribution < -0.4 is 5.32 Å². The van der Waals surface area contributed by atoms with Gasteiger partial charge in [-0.05, 0) is 32.3 Å². The molecule has 2 rings (SSSR count). The first-order chi connectivity index (χ1) is 10.1. The van der Waals surface area contributed by atoms with Crippen molar-refractivity contribution in [3.63, 3.8) is 0 Å². The summed E-state index contributed by atoms with van der Waals surface area (Å²) in [5.74, 6) is 2.10. The van der Waals surface area contributed by atoms with Crippen molar-refractivity contribution in [1.82, 2.24) is 25.2 Å². The maximum atomic E-state index is 5.27. The fourth-order valence-electron chi connectivity index (χ4n) is 2.05. The van der Waals surface area contributed by atoms with Crippen molar-refractivity contribution in [2.24, 2.45) is 5.92 Å². The summed E-state index contributed by atoms with van der Waals surface area (Å²) < 4.78 is 7.22. The van der Waals surface area contributed by atoms with Crippen molar-refractivity contribution in [3.8, 4) is 0 Å². The summed E-state index contributed by atoms with van der Waals surface area (Å²) >= 11 is 0. The molecule has 0 aliphatic heterocycles. The number of nitrogens with zero attached hydrogens (tertiary/aromatic N) is 4. The third-order valence-corrected chi connectivity index (χ3v) is 3.70. The Hall–Kier alpha value is -1.69. The van der Waals surface area contributed by atoms with Crippen molar-refractivity contribution in [2.45, 2.75) is 59.2 Å². The van der Waals surface area contributed by atoms with Crippen LogP contribution in [0, 0.1) is 5.92 Å². The van der Waals surface area contributed by atoms with Gasteiger partial charge in [-0.2, -0.15) is 10.1 Å². The minimum atomic E-state index is 0.260. The average molecular weight is 291 g/mol. The average Bonchev–Trinajstić information content (AvgIpc) is 3.13. The summed E-state index contributed by atoms with van der Waals surface area (Å²) in [7, 11) is 0. The molecule has 116 valence electrons. The van der Waals surface area contributed by atoms with Crippen LogP contribution in [0.15, 0.2) is 23.0 Å². The number of nitrogens with one attached hydrogen (secondary N) is 1. The van der Waals surface area contributed by atoms with Crippen molar-refractivity contribution < 1.29 is 4.52 Å². The zero-order valence-corrected chi connectivity index (χ0v) is 13.3. The Morgan fingerprint density at radius 2 is 2.10 bits per heavy atom. The van der Waals surface area contributed by atoms with Gasteiger partial charge in [-0.15, -0.1) is 0 Å². The van der Waals surface area contributed by atoms with Crippen molar-refractivity contribution in [3.05, 3.63) is 30.2 Å². The number of hydrogen-bond donors (Lipinski definition) is 1. The molecule has 0 fully saturated rings. The van der Waals surface area contributed by atoms with Gasteiger partial charge in [-0.25, -0.2) is 0 Å². The molecule has 0 spiro atoms. The molecule has 0 aromatic carbocycles. The Labute approximate surface area is 125 Å². The first kappa shape index (κ1) is 15.7. The molecular weight excluding hydrogens is 266 g/mol. The summed E-state index contributed by atoms with van der Waals surface area (Å²) in [5.41, 5.74) is 0. The van der Waals surface area contributed by atoms with Gasteiger partial charge in [0, 0.05) is 24.9 Å². The van der Waals surface area contributed by atoms with E-state index < -0.39 is 0 Å². The van der Waals surface area contributed by atoms with Gasteiger partial charge in [0.25, 0.3) is 0 Å². The van der Waals surface area contributed by atoms with Gasteiger partial charge >= 0.3 is 0 Å². The lowest BCUT2D eigenvalue weighted by atomic mass is 10.1. The van der Waals surface area contributed by atoms with Crippen LogP contribution in [-0.2, 0) is 13.0 Å². The Kier molecular flexibility index (Phi) is 5.50. The zero-order chi connectivity index (χ0) is 15.2. The SMILES string of the molecule is CC(C)CCc1noc(CN[C@H](C)[C@H](C)n2cccn2)n1. The molecule has 0 amide bonds. The first-order valence-electron chi connectivity index (χ1n) is 7.60. The Morgan fingerprint density at radius 3 is 2.76 bits per heavy atom. The summed E-state index contributed by atoms with van der Waals surface area (Å²) in [6, 6.07) is 2.46. The largest absolute Gasteiger partial charge is 0.338 e. The molecule has 21 heavy (non-hydrogen) atoms. The van der Waals surface area contributed by atoms with Gasteiger partial charge < -0.3 is 9.84 Å². The monoisotopic (exact) mass is 291 g/mol. The summed E-state index contributed by atoms with van der Waals surface area (Å²) in [6.07, 6.45) is 5.72. The van der Waals surface area contributed by atoms with Crippen LogP contribution in [0.2, 0.25) is 0 Å². The lowest BCUT2D eigenvalue weighted by Gasteiger charge is -2.20. The molecule has 0 saturated heterocycles. The molecule has 0 radical (unpaired) electrons. The van der Waals surface area contributed by atoms with Crippen molar-refractivity contribution >= 4 is 0 Å². The number of hydrogen-bond acceptors (Lipinski definition) is 5. The van der Waals surface area contributed by atoms with E-state index in [0.29, 0.717) is 18.4 Å². The van der Waals surface area contributed by atoms with E-state index >= 15 is 0 Å². The lowest BCUT2D eigenvalue weighted by molar-refractivity contribution is 0.323. The van der Waals surface area contributed by atoms with E-state index in [1.54, 1.807) is 6.20 Å². The molecule has 0 aliphatic carbocycles. The molecule has 6 nitrogen and oxygen atoms in total. The minimum absolute atomic E-state index is 0.260. The molecule has 0 unspecified atom stereocenters. The van der Waals surface area contributed by atoms with Crippen molar-refractivity contribution in [1.29, 1.82) is 0 Å². The molecule has 0 saturated carbocycles. The molecule has 6 heteroatoms. The predicted octanol–water partition coefficient (Wildman–Crippen LogP) is 2.59. The maximum Gasteiger partial charge on any atom is 0.240 e. The normalized spacial score (nSPS) is 14.5. The van der Waals surface area contributed by atoms with Gasteiger partial charge in [-0.3, -0.25) is 4.68 Å². The topological polar surface area (TPSA) is 68.8 Å². The fourth-order valence-corrected chi connectivity index (χ4v) is 2.05. The van der Waals surface area contributed by atoms with Crippen LogP contribution in [0.25, 0.3) is 0 Å². The molecule has 1 N–H and O–H groups in total. The third kappa shape index (κ3) is 4.67. The van der Waals surface area contributed by atoms with Gasteiger partial charge in [0.05, 0.1) is 12.6 Å². The van der Waals surface area contributed by atoms with E-state index in [9.17, 15) is 0 Å². The highest BCUT2D eigenvalue weighted by molar-refractivity contribution is 4.88. The molecule has 0 bridgehead atoms.